The number of benzene rings is 2. The molecule has 0 radical (unpaired) electrons. The predicted octanol–water partition coefficient (Wildman–Crippen LogP) is 1.39. The molecule has 3 rings (SSSR count). The van der Waals surface area contributed by atoms with Crippen LogP contribution in [0.5, 0.6) is 5.75 Å². The second-order valence-electron chi connectivity index (χ2n) is 5.31. The predicted molar refractivity (Wildman–Crippen MR) is 79.4 cm³/mol. The average molecular weight is 268 g/mol. The maximum absolute atomic E-state index is 9.13. The van der Waals surface area contributed by atoms with Gasteiger partial charge in [-0.05, 0) is 41.6 Å². The largest absolute Gasteiger partial charge is 0.493 e. The SMILES string of the molecule is Cc1cc(B(O)O)ccc1OCC1Cc2ccccc21. The van der Waals surface area contributed by atoms with Crippen molar-refractivity contribution in [3.05, 3.63) is 59.2 Å². The number of ether oxygens (including phenoxy) is 1. The zero-order valence-corrected chi connectivity index (χ0v) is 11.4. The highest BCUT2D eigenvalue weighted by Crippen LogP contribution is 2.35. The van der Waals surface area contributed by atoms with Gasteiger partial charge in [-0.1, -0.05) is 36.4 Å². The third-order valence-corrected chi connectivity index (χ3v) is 3.90. The molecular weight excluding hydrogens is 251 g/mol. The fourth-order valence-electron chi connectivity index (χ4n) is 2.70. The monoisotopic (exact) mass is 268 g/mol. The number of hydrogen-bond acceptors (Lipinski definition) is 3. The fraction of sp³-hybridized carbons (Fsp3) is 0.250. The third-order valence-electron chi connectivity index (χ3n) is 3.90. The van der Waals surface area contributed by atoms with Crippen LogP contribution in [0.3, 0.4) is 0 Å². The van der Waals surface area contributed by atoms with Crippen LogP contribution in [-0.2, 0) is 6.42 Å². The Morgan fingerprint density at radius 2 is 2.00 bits per heavy atom. The number of hydrogen-bond donors (Lipinski definition) is 2. The summed E-state index contributed by atoms with van der Waals surface area (Å²) in [7, 11) is -1.43. The van der Waals surface area contributed by atoms with Gasteiger partial charge in [0.05, 0.1) is 6.61 Å². The molecule has 4 heteroatoms. The Labute approximate surface area is 119 Å². The maximum atomic E-state index is 9.13. The van der Waals surface area contributed by atoms with Gasteiger partial charge < -0.3 is 14.8 Å². The van der Waals surface area contributed by atoms with E-state index < -0.39 is 7.12 Å². The van der Waals surface area contributed by atoms with Crippen molar-refractivity contribution in [3.8, 4) is 5.75 Å². The maximum Gasteiger partial charge on any atom is 0.488 e. The second kappa shape index (κ2) is 5.31. The fourth-order valence-corrected chi connectivity index (χ4v) is 2.70. The molecular formula is C16H17BO3. The lowest BCUT2D eigenvalue weighted by molar-refractivity contribution is 0.273. The standard InChI is InChI=1S/C16H17BO3/c1-11-8-14(17(18)19)6-7-16(11)20-10-13-9-12-4-2-3-5-15(12)13/h2-8,13,18-19H,9-10H2,1H3. The van der Waals surface area contributed by atoms with Gasteiger partial charge in [0.1, 0.15) is 5.75 Å². The Morgan fingerprint density at radius 3 is 2.70 bits per heavy atom. The molecule has 0 heterocycles. The van der Waals surface area contributed by atoms with Crippen molar-refractivity contribution in [2.75, 3.05) is 6.61 Å². The summed E-state index contributed by atoms with van der Waals surface area (Å²) in [5.41, 5.74) is 4.20. The van der Waals surface area contributed by atoms with Crippen LogP contribution in [0.15, 0.2) is 42.5 Å². The van der Waals surface area contributed by atoms with Crippen molar-refractivity contribution >= 4 is 12.6 Å². The molecule has 3 nitrogen and oxygen atoms in total. The van der Waals surface area contributed by atoms with E-state index in [4.69, 9.17) is 14.8 Å². The minimum absolute atomic E-state index is 0.466. The first kappa shape index (κ1) is 13.2. The van der Waals surface area contributed by atoms with E-state index in [0.29, 0.717) is 18.0 Å². The van der Waals surface area contributed by atoms with Crippen LogP contribution in [0.4, 0.5) is 0 Å². The van der Waals surface area contributed by atoms with E-state index in [0.717, 1.165) is 17.7 Å². The smallest absolute Gasteiger partial charge is 0.488 e. The molecule has 0 saturated heterocycles. The van der Waals surface area contributed by atoms with Gasteiger partial charge >= 0.3 is 7.12 Å². The van der Waals surface area contributed by atoms with Crippen LogP contribution in [0, 0.1) is 6.92 Å². The van der Waals surface area contributed by atoms with Gasteiger partial charge in [0.2, 0.25) is 0 Å². The summed E-state index contributed by atoms with van der Waals surface area (Å²) in [5.74, 6) is 1.27. The molecule has 1 aliphatic carbocycles. The minimum atomic E-state index is -1.43. The topological polar surface area (TPSA) is 49.7 Å². The lowest BCUT2D eigenvalue weighted by Crippen LogP contribution is -2.30. The average Bonchev–Trinajstić information content (AvgIpc) is 2.41. The van der Waals surface area contributed by atoms with Crippen molar-refractivity contribution in [2.24, 2.45) is 0 Å². The quantitative estimate of drug-likeness (QED) is 0.824. The van der Waals surface area contributed by atoms with E-state index in [9.17, 15) is 0 Å². The van der Waals surface area contributed by atoms with E-state index >= 15 is 0 Å². The molecule has 102 valence electrons. The molecule has 0 spiro atoms. The highest BCUT2D eigenvalue weighted by atomic mass is 16.5. The summed E-state index contributed by atoms with van der Waals surface area (Å²) < 4.78 is 5.87. The van der Waals surface area contributed by atoms with E-state index in [-0.39, 0.29) is 0 Å². The van der Waals surface area contributed by atoms with Gasteiger partial charge in [0.15, 0.2) is 0 Å². The van der Waals surface area contributed by atoms with E-state index in [2.05, 4.69) is 24.3 Å². The van der Waals surface area contributed by atoms with Gasteiger partial charge in [-0.2, -0.15) is 0 Å². The molecule has 0 fully saturated rings. The summed E-state index contributed by atoms with van der Waals surface area (Å²) >= 11 is 0. The van der Waals surface area contributed by atoms with Gasteiger partial charge in [-0.25, -0.2) is 0 Å². The van der Waals surface area contributed by atoms with Crippen molar-refractivity contribution in [2.45, 2.75) is 19.3 Å². The molecule has 0 bridgehead atoms. The van der Waals surface area contributed by atoms with Gasteiger partial charge in [0.25, 0.3) is 0 Å². The van der Waals surface area contributed by atoms with Crippen LogP contribution < -0.4 is 10.2 Å². The Bertz CT molecular complexity index is 625. The number of aryl methyl sites for hydroxylation is 1. The molecule has 1 unspecified atom stereocenters. The van der Waals surface area contributed by atoms with Crippen molar-refractivity contribution < 1.29 is 14.8 Å². The van der Waals surface area contributed by atoms with Crippen molar-refractivity contribution in [1.29, 1.82) is 0 Å². The Kier molecular flexibility index (Phi) is 3.51. The number of rotatable bonds is 4. The third kappa shape index (κ3) is 2.44. The van der Waals surface area contributed by atoms with Crippen molar-refractivity contribution in [1.82, 2.24) is 0 Å². The first-order chi connectivity index (χ1) is 9.65. The van der Waals surface area contributed by atoms with Crippen LogP contribution >= 0.6 is 0 Å². The second-order valence-corrected chi connectivity index (χ2v) is 5.31. The highest BCUT2D eigenvalue weighted by molar-refractivity contribution is 6.58. The Balaban J connectivity index is 1.65. The Morgan fingerprint density at radius 1 is 1.20 bits per heavy atom. The molecule has 1 aliphatic rings. The van der Waals surface area contributed by atoms with Gasteiger partial charge in [-0.15, -0.1) is 0 Å². The molecule has 0 amide bonds. The zero-order chi connectivity index (χ0) is 14.1. The van der Waals surface area contributed by atoms with E-state index in [1.807, 2.05) is 6.92 Å². The van der Waals surface area contributed by atoms with Crippen LogP contribution in [-0.4, -0.2) is 23.8 Å². The Hall–Kier alpha value is -1.78. The number of fused-ring (bicyclic) bond motifs is 1. The molecule has 20 heavy (non-hydrogen) atoms. The lowest BCUT2D eigenvalue weighted by atomic mass is 9.78. The van der Waals surface area contributed by atoms with Crippen LogP contribution in [0.1, 0.15) is 22.6 Å². The molecule has 1 atom stereocenters. The van der Waals surface area contributed by atoms with E-state index in [1.54, 1.807) is 18.2 Å². The van der Waals surface area contributed by atoms with Gasteiger partial charge in [-0.3, -0.25) is 0 Å². The van der Waals surface area contributed by atoms with Crippen LogP contribution in [0.2, 0.25) is 0 Å². The summed E-state index contributed by atoms with van der Waals surface area (Å²) in [6.45, 7) is 2.58. The summed E-state index contributed by atoms with van der Waals surface area (Å²) in [4.78, 5) is 0. The first-order valence-corrected chi connectivity index (χ1v) is 6.82. The molecule has 0 aliphatic heterocycles. The molecule has 2 N–H and O–H groups in total. The van der Waals surface area contributed by atoms with Crippen molar-refractivity contribution in [3.63, 3.8) is 0 Å². The van der Waals surface area contributed by atoms with Gasteiger partial charge in [0, 0.05) is 5.92 Å². The lowest BCUT2D eigenvalue weighted by Gasteiger charge is -2.30. The normalized spacial score (nSPS) is 16.2. The molecule has 2 aromatic rings. The molecule has 2 aromatic carbocycles. The molecule has 0 saturated carbocycles. The zero-order valence-electron chi connectivity index (χ0n) is 11.4. The highest BCUT2D eigenvalue weighted by Gasteiger charge is 2.26. The minimum Gasteiger partial charge on any atom is -0.493 e. The first-order valence-electron chi connectivity index (χ1n) is 6.82. The summed E-state index contributed by atoms with van der Waals surface area (Å²) in [6, 6.07) is 13.7. The molecule has 0 aromatic heterocycles. The van der Waals surface area contributed by atoms with E-state index in [1.165, 1.54) is 11.1 Å². The van der Waals surface area contributed by atoms with Crippen LogP contribution in [0.25, 0.3) is 0 Å². The summed E-state index contributed by atoms with van der Waals surface area (Å²) in [5, 5.41) is 18.3. The summed E-state index contributed by atoms with van der Waals surface area (Å²) in [6.07, 6.45) is 1.07.